The fraction of sp³-hybridized carbons (Fsp3) is 0.591. The minimum Gasteiger partial charge on any atom is -0.497 e. The van der Waals surface area contributed by atoms with Crippen molar-refractivity contribution >= 4 is 5.91 Å². The van der Waals surface area contributed by atoms with Crippen LogP contribution in [0.25, 0.3) is 11.4 Å². The second-order valence-corrected chi connectivity index (χ2v) is 8.97. The first kappa shape index (κ1) is 19.0. The molecule has 2 fully saturated rings. The molecule has 2 saturated carbocycles. The molecule has 1 aromatic carbocycles. The molecular formula is C22H29N3O3. The van der Waals surface area contributed by atoms with Gasteiger partial charge in [0.2, 0.25) is 17.6 Å². The monoisotopic (exact) mass is 383 g/mol. The maximum atomic E-state index is 12.5. The highest BCUT2D eigenvalue weighted by atomic mass is 16.5. The van der Waals surface area contributed by atoms with E-state index in [1.54, 1.807) is 7.11 Å². The van der Waals surface area contributed by atoms with Gasteiger partial charge >= 0.3 is 0 Å². The lowest BCUT2D eigenvalue weighted by Crippen LogP contribution is -2.46. The van der Waals surface area contributed by atoms with Crippen molar-refractivity contribution in [3.05, 3.63) is 30.2 Å². The van der Waals surface area contributed by atoms with Gasteiger partial charge in [-0.2, -0.15) is 4.98 Å². The number of aryl methyl sites for hydroxylation is 1. The molecule has 1 amide bonds. The highest BCUT2D eigenvalue weighted by Crippen LogP contribution is 2.65. The van der Waals surface area contributed by atoms with Crippen molar-refractivity contribution in [3.63, 3.8) is 0 Å². The molecule has 1 heterocycles. The standard InChI is InChI=1S/C22H29N3O3/c1-21(2)15-11-12-22(21,3)17(13-15)23-18(26)9-10-19-24-20(25-28-19)14-5-7-16(27-4)8-6-14/h5-8,15,17H,9-13H2,1-4H3,(H,23,26). The van der Waals surface area contributed by atoms with Crippen molar-refractivity contribution in [2.24, 2.45) is 16.7 Å². The average molecular weight is 383 g/mol. The van der Waals surface area contributed by atoms with Crippen LogP contribution in [0.2, 0.25) is 0 Å². The van der Waals surface area contributed by atoms with Gasteiger partial charge in [-0.05, 0) is 60.3 Å². The molecule has 1 aromatic heterocycles. The second-order valence-electron chi connectivity index (χ2n) is 8.97. The van der Waals surface area contributed by atoms with Crippen molar-refractivity contribution in [2.45, 2.75) is 58.9 Å². The molecule has 28 heavy (non-hydrogen) atoms. The first-order valence-electron chi connectivity index (χ1n) is 10.1. The van der Waals surface area contributed by atoms with Crippen LogP contribution in [0.3, 0.4) is 0 Å². The van der Waals surface area contributed by atoms with Crippen LogP contribution in [0.15, 0.2) is 28.8 Å². The van der Waals surface area contributed by atoms with Gasteiger partial charge in [-0.3, -0.25) is 4.79 Å². The molecule has 150 valence electrons. The Bertz CT molecular complexity index is 858. The van der Waals surface area contributed by atoms with Crippen molar-refractivity contribution < 1.29 is 14.1 Å². The molecule has 0 aliphatic heterocycles. The van der Waals surface area contributed by atoms with Gasteiger partial charge in [-0.25, -0.2) is 0 Å². The zero-order chi connectivity index (χ0) is 19.9. The third-order valence-electron chi connectivity index (χ3n) is 7.51. The molecule has 2 bridgehead atoms. The number of fused-ring (bicyclic) bond motifs is 2. The maximum absolute atomic E-state index is 12.5. The van der Waals surface area contributed by atoms with E-state index in [0.29, 0.717) is 35.9 Å². The summed E-state index contributed by atoms with van der Waals surface area (Å²) in [6, 6.07) is 7.76. The smallest absolute Gasteiger partial charge is 0.227 e. The Hall–Kier alpha value is -2.37. The Balaban J connectivity index is 1.33. The van der Waals surface area contributed by atoms with Crippen LogP contribution in [0.4, 0.5) is 0 Å². The summed E-state index contributed by atoms with van der Waals surface area (Å²) in [7, 11) is 1.63. The summed E-state index contributed by atoms with van der Waals surface area (Å²) in [6.07, 6.45) is 4.39. The predicted octanol–water partition coefficient (Wildman–Crippen LogP) is 4.01. The van der Waals surface area contributed by atoms with Crippen LogP contribution < -0.4 is 10.1 Å². The Morgan fingerprint density at radius 3 is 2.64 bits per heavy atom. The quantitative estimate of drug-likeness (QED) is 0.815. The molecule has 0 radical (unpaired) electrons. The number of carbonyl (C=O) groups excluding carboxylic acids is 1. The second kappa shape index (κ2) is 6.90. The molecule has 3 atom stereocenters. The number of benzene rings is 1. The summed E-state index contributed by atoms with van der Waals surface area (Å²) in [4.78, 5) is 17.0. The number of hydrogen-bond acceptors (Lipinski definition) is 5. The highest BCUT2D eigenvalue weighted by Gasteiger charge is 2.61. The normalized spacial score (nSPS) is 27.7. The van der Waals surface area contributed by atoms with Crippen molar-refractivity contribution in [2.75, 3.05) is 7.11 Å². The average Bonchev–Trinajstić information content (AvgIpc) is 3.29. The van der Waals surface area contributed by atoms with Crippen LogP contribution in [-0.2, 0) is 11.2 Å². The molecular weight excluding hydrogens is 354 g/mol. The molecule has 0 saturated heterocycles. The van der Waals surface area contributed by atoms with Gasteiger partial charge in [0.1, 0.15) is 5.75 Å². The van der Waals surface area contributed by atoms with Crippen LogP contribution in [0.5, 0.6) is 5.75 Å². The van der Waals surface area contributed by atoms with E-state index in [4.69, 9.17) is 9.26 Å². The number of nitrogens with zero attached hydrogens (tertiary/aromatic N) is 2. The van der Waals surface area contributed by atoms with E-state index in [0.717, 1.165) is 17.7 Å². The van der Waals surface area contributed by atoms with Crippen LogP contribution in [0, 0.1) is 16.7 Å². The van der Waals surface area contributed by atoms with Gasteiger partial charge in [-0.15, -0.1) is 0 Å². The fourth-order valence-electron chi connectivity index (χ4n) is 5.12. The van der Waals surface area contributed by atoms with Crippen molar-refractivity contribution in [1.82, 2.24) is 15.5 Å². The Morgan fingerprint density at radius 1 is 1.29 bits per heavy atom. The van der Waals surface area contributed by atoms with E-state index >= 15 is 0 Å². The zero-order valence-corrected chi connectivity index (χ0v) is 17.1. The third-order valence-corrected chi connectivity index (χ3v) is 7.51. The van der Waals surface area contributed by atoms with Crippen LogP contribution in [-0.4, -0.2) is 29.2 Å². The Morgan fingerprint density at radius 2 is 2.04 bits per heavy atom. The molecule has 2 aliphatic rings. The topological polar surface area (TPSA) is 77.2 Å². The number of nitrogens with one attached hydrogen (secondary N) is 1. The summed E-state index contributed by atoms with van der Waals surface area (Å²) in [5, 5.41) is 7.31. The predicted molar refractivity (Wildman–Crippen MR) is 106 cm³/mol. The number of amides is 1. The lowest BCUT2D eigenvalue weighted by Gasteiger charge is -2.39. The minimum absolute atomic E-state index is 0.0683. The lowest BCUT2D eigenvalue weighted by atomic mass is 9.69. The molecule has 2 aliphatic carbocycles. The summed E-state index contributed by atoms with van der Waals surface area (Å²) in [6.45, 7) is 7.05. The number of carbonyl (C=O) groups is 1. The van der Waals surface area contributed by atoms with E-state index in [2.05, 4.69) is 36.2 Å². The molecule has 1 N–H and O–H groups in total. The van der Waals surface area contributed by atoms with Gasteiger partial charge < -0.3 is 14.6 Å². The van der Waals surface area contributed by atoms with Crippen molar-refractivity contribution in [1.29, 1.82) is 0 Å². The summed E-state index contributed by atoms with van der Waals surface area (Å²) in [5.74, 6) is 2.58. The molecule has 4 rings (SSSR count). The SMILES string of the molecule is COc1ccc(-c2noc(CCC(=O)NC3CC4CCC3(C)C4(C)C)n2)cc1. The zero-order valence-electron chi connectivity index (χ0n) is 17.1. The number of hydrogen-bond donors (Lipinski definition) is 1. The number of methoxy groups -OCH3 is 1. The van der Waals surface area contributed by atoms with E-state index in [9.17, 15) is 4.79 Å². The Labute approximate surface area is 166 Å². The summed E-state index contributed by atoms with van der Waals surface area (Å²) < 4.78 is 10.5. The molecule has 0 spiro atoms. The maximum Gasteiger partial charge on any atom is 0.227 e. The van der Waals surface area contributed by atoms with Crippen molar-refractivity contribution in [3.8, 4) is 17.1 Å². The third kappa shape index (κ3) is 3.09. The largest absolute Gasteiger partial charge is 0.497 e. The Kier molecular flexibility index (Phi) is 4.68. The molecule has 3 unspecified atom stereocenters. The van der Waals surface area contributed by atoms with E-state index < -0.39 is 0 Å². The van der Waals surface area contributed by atoms with Crippen LogP contribution in [0.1, 0.15) is 52.3 Å². The first-order valence-corrected chi connectivity index (χ1v) is 10.1. The van der Waals surface area contributed by atoms with E-state index in [1.807, 2.05) is 24.3 Å². The van der Waals surface area contributed by atoms with Gasteiger partial charge in [0.25, 0.3) is 0 Å². The minimum atomic E-state index is 0.0683. The summed E-state index contributed by atoms with van der Waals surface area (Å²) in [5.41, 5.74) is 1.35. The molecule has 6 nitrogen and oxygen atoms in total. The first-order chi connectivity index (χ1) is 13.3. The molecule has 6 heteroatoms. The number of aromatic nitrogens is 2. The summed E-state index contributed by atoms with van der Waals surface area (Å²) >= 11 is 0. The number of ether oxygens (including phenoxy) is 1. The molecule has 2 aromatic rings. The lowest BCUT2D eigenvalue weighted by molar-refractivity contribution is -0.122. The number of rotatable bonds is 6. The van der Waals surface area contributed by atoms with Gasteiger partial charge in [0.15, 0.2) is 0 Å². The van der Waals surface area contributed by atoms with Gasteiger partial charge in [0, 0.05) is 24.4 Å². The highest BCUT2D eigenvalue weighted by molar-refractivity contribution is 5.76. The van der Waals surface area contributed by atoms with E-state index in [-0.39, 0.29) is 17.4 Å². The van der Waals surface area contributed by atoms with Crippen LogP contribution >= 0.6 is 0 Å². The van der Waals surface area contributed by atoms with Gasteiger partial charge in [0.05, 0.1) is 7.11 Å². The van der Waals surface area contributed by atoms with E-state index in [1.165, 1.54) is 12.8 Å². The van der Waals surface area contributed by atoms with Gasteiger partial charge in [-0.1, -0.05) is 25.9 Å². The fourth-order valence-corrected chi connectivity index (χ4v) is 5.12.